The molecule has 3 heteroatoms. The third kappa shape index (κ3) is 3.43. The third-order valence-corrected chi connectivity index (χ3v) is 4.55. The molecule has 0 radical (unpaired) electrons. The Morgan fingerprint density at radius 3 is 2.88 bits per heavy atom. The van der Waals surface area contributed by atoms with Crippen molar-refractivity contribution in [1.29, 1.82) is 0 Å². The van der Waals surface area contributed by atoms with Crippen LogP contribution in [0.4, 0.5) is 0 Å². The molecule has 3 nitrogen and oxygen atoms in total. The van der Waals surface area contributed by atoms with Crippen LogP contribution in [0.5, 0.6) is 0 Å². The molecule has 3 unspecified atom stereocenters. The van der Waals surface area contributed by atoms with E-state index in [9.17, 15) is 0 Å². The second-order valence-electron chi connectivity index (χ2n) is 6.16. The van der Waals surface area contributed by atoms with Crippen LogP contribution in [0, 0.1) is 11.8 Å². The maximum atomic E-state index is 3.29. The second kappa shape index (κ2) is 6.17. The molecule has 0 bridgehead atoms. The monoisotopic (exact) mass is 239 g/mol. The van der Waals surface area contributed by atoms with E-state index >= 15 is 0 Å². The summed E-state index contributed by atoms with van der Waals surface area (Å²) in [6.45, 7) is 8.73. The Kier molecular flexibility index (Phi) is 4.83. The molecular formula is C14H29N3. The van der Waals surface area contributed by atoms with Crippen molar-refractivity contribution in [2.75, 3.05) is 46.8 Å². The molecule has 2 heterocycles. The summed E-state index contributed by atoms with van der Waals surface area (Å²) >= 11 is 0. The topological polar surface area (TPSA) is 18.5 Å². The highest BCUT2D eigenvalue weighted by atomic mass is 15.2. The van der Waals surface area contributed by atoms with Gasteiger partial charge in [0, 0.05) is 19.1 Å². The van der Waals surface area contributed by atoms with Crippen LogP contribution in [0.25, 0.3) is 0 Å². The molecule has 0 aromatic rings. The van der Waals surface area contributed by atoms with E-state index in [0.29, 0.717) is 0 Å². The van der Waals surface area contributed by atoms with E-state index in [4.69, 9.17) is 0 Å². The zero-order chi connectivity index (χ0) is 12.3. The highest BCUT2D eigenvalue weighted by Crippen LogP contribution is 2.29. The Hall–Kier alpha value is -0.120. The number of piperidine rings is 2. The van der Waals surface area contributed by atoms with Crippen molar-refractivity contribution in [3.05, 3.63) is 0 Å². The highest BCUT2D eigenvalue weighted by molar-refractivity contribution is 4.89. The molecular weight excluding hydrogens is 210 g/mol. The Bertz CT molecular complexity index is 232. The first-order valence-corrected chi connectivity index (χ1v) is 7.28. The van der Waals surface area contributed by atoms with Gasteiger partial charge in [-0.2, -0.15) is 0 Å². The molecule has 2 aliphatic rings. The molecule has 0 aromatic heterocycles. The first kappa shape index (κ1) is 13.3. The maximum absolute atomic E-state index is 3.29. The van der Waals surface area contributed by atoms with E-state index in [0.717, 1.165) is 24.4 Å². The van der Waals surface area contributed by atoms with Crippen molar-refractivity contribution in [2.45, 2.75) is 32.2 Å². The van der Waals surface area contributed by atoms with Gasteiger partial charge in [0.25, 0.3) is 0 Å². The summed E-state index contributed by atoms with van der Waals surface area (Å²) in [6.07, 6.45) is 4.23. The number of rotatable bonds is 4. The molecule has 100 valence electrons. The first-order valence-electron chi connectivity index (χ1n) is 7.28. The van der Waals surface area contributed by atoms with Crippen LogP contribution in [-0.2, 0) is 0 Å². The lowest BCUT2D eigenvalue weighted by Gasteiger charge is -2.46. The molecule has 2 aliphatic heterocycles. The summed E-state index contributed by atoms with van der Waals surface area (Å²) in [4.78, 5) is 5.30. The zero-order valence-corrected chi connectivity index (χ0v) is 11.8. The fraction of sp³-hybridized carbons (Fsp3) is 1.00. The molecule has 0 aromatic carbocycles. The van der Waals surface area contributed by atoms with Crippen molar-refractivity contribution >= 4 is 0 Å². The minimum atomic E-state index is 0.776. The van der Waals surface area contributed by atoms with Gasteiger partial charge in [0.2, 0.25) is 0 Å². The average molecular weight is 239 g/mol. The van der Waals surface area contributed by atoms with Gasteiger partial charge in [-0.15, -0.1) is 0 Å². The van der Waals surface area contributed by atoms with Gasteiger partial charge in [-0.3, -0.25) is 0 Å². The highest BCUT2D eigenvalue weighted by Gasteiger charge is 2.34. The maximum Gasteiger partial charge on any atom is 0.0145 e. The van der Waals surface area contributed by atoms with Gasteiger partial charge < -0.3 is 15.1 Å². The predicted octanol–water partition coefficient (Wildman–Crippen LogP) is 1.26. The molecule has 3 atom stereocenters. The Morgan fingerprint density at radius 1 is 1.29 bits per heavy atom. The largest absolute Gasteiger partial charge is 0.319 e. The minimum Gasteiger partial charge on any atom is -0.319 e. The van der Waals surface area contributed by atoms with Crippen LogP contribution in [0.15, 0.2) is 0 Å². The van der Waals surface area contributed by atoms with Gasteiger partial charge in [-0.25, -0.2) is 0 Å². The number of likely N-dealkylation sites (tertiary alicyclic amines) is 2. The predicted molar refractivity (Wildman–Crippen MR) is 73.3 cm³/mol. The molecule has 0 saturated carbocycles. The van der Waals surface area contributed by atoms with Crippen LogP contribution < -0.4 is 5.32 Å². The average Bonchev–Trinajstić information content (AvgIpc) is 2.29. The van der Waals surface area contributed by atoms with E-state index in [1.807, 2.05) is 0 Å². The normalized spacial score (nSPS) is 33.4. The molecule has 2 saturated heterocycles. The second-order valence-corrected chi connectivity index (χ2v) is 6.16. The molecule has 1 N–H and O–H groups in total. The molecule has 2 rings (SSSR count). The van der Waals surface area contributed by atoms with E-state index in [1.54, 1.807) is 0 Å². The van der Waals surface area contributed by atoms with Crippen LogP contribution in [-0.4, -0.2) is 62.7 Å². The first-order chi connectivity index (χ1) is 8.20. The Balaban J connectivity index is 1.81. The van der Waals surface area contributed by atoms with Crippen molar-refractivity contribution in [2.24, 2.45) is 11.8 Å². The number of hydrogen-bond donors (Lipinski definition) is 1. The quantitative estimate of drug-likeness (QED) is 0.797. The van der Waals surface area contributed by atoms with Crippen molar-refractivity contribution < 1.29 is 0 Å². The van der Waals surface area contributed by atoms with Crippen LogP contribution in [0.2, 0.25) is 0 Å². The van der Waals surface area contributed by atoms with Crippen LogP contribution >= 0.6 is 0 Å². The Morgan fingerprint density at radius 2 is 2.12 bits per heavy atom. The van der Waals surface area contributed by atoms with Crippen LogP contribution in [0.3, 0.4) is 0 Å². The summed E-state index contributed by atoms with van der Waals surface area (Å²) in [5.74, 6) is 1.71. The number of fused-ring (bicyclic) bond motifs is 1. The smallest absolute Gasteiger partial charge is 0.0145 e. The molecule has 0 aliphatic carbocycles. The molecule has 17 heavy (non-hydrogen) atoms. The minimum absolute atomic E-state index is 0.776. The fourth-order valence-corrected chi connectivity index (χ4v) is 3.75. The summed E-state index contributed by atoms with van der Waals surface area (Å²) in [5, 5.41) is 3.29. The lowest BCUT2D eigenvalue weighted by molar-refractivity contribution is 0.0335. The van der Waals surface area contributed by atoms with Gasteiger partial charge in [0.1, 0.15) is 0 Å². The Labute approximate surface area is 107 Å². The van der Waals surface area contributed by atoms with Crippen molar-refractivity contribution in [1.82, 2.24) is 15.1 Å². The van der Waals surface area contributed by atoms with E-state index in [1.165, 1.54) is 45.4 Å². The lowest BCUT2D eigenvalue weighted by atomic mass is 9.84. The van der Waals surface area contributed by atoms with Gasteiger partial charge in [-0.05, 0) is 64.8 Å². The van der Waals surface area contributed by atoms with E-state index < -0.39 is 0 Å². The van der Waals surface area contributed by atoms with Crippen molar-refractivity contribution in [3.8, 4) is 0 Å². The van der Waals surface area contributed by atoms with E-state index in [2.05, 4.69) is 36.1 Å². The molecule has 0 spiro atoms. The number of hydrogen-bond acceptors (Lipinski definition) is 3. The van der Waals surface area contributed by atoms with Gasteiger partial charge >= 0.3 is 0 Å². The summed E-state index contributed by atoms with van der Waals surface area (Å²) in [7, 11) is 4.37. The summed E-state index contributed by atoms with van der Waals surface area (Å²) in [6, 6.07) is 0.875. The third-order valence-electron chi connectivity index (χ3n) is 4.55. The van der Waals surface area contributed by atoms with Gasteiger partial charge in [0.05, 0.1) is 0 Å². The summed E-state index contributed by atoms with van der Waals surface area (Å²) in [5.41, 5.74) is 0. The van der Waals surface area contributed by atoms with Crippen molar-refractivity contribution in [3.63, 3.8) is 0 Å². The van der Waals surface area contributed by atoms with E-state index in [-0.39, 0.29) is 0 Å². The standard InChI is InChI=1S/C14H29N3/c1-12(9-15-2)10-17-8-6-14-13(11-17)5-4-7-16(14)3/h12-15H,4-11H2,1-3H3. The zero-order valence-electron chi connectivity index (χ0n) is 11.8. The molecule has 2 fully saturated rings. The van der Waals surface area contributed by atoms with Gasteiger partial charge in [0.15, 0.2) is 0 Å². The SMILES string of the molecule is CNCC(C)CN1CCC2C(CCCN2C)C1. The van der Waals surface area contributed by atoms with Crippen LogP contribution in [0.1, 0.15) is 26.2 Å². The van der Waals surface area contributed by atoms with Gasteiger partial charge in [-0.1, -0.05) is 6.92 Å². The number of nitrogens with one attached hydrogen (secondary N) is 1. The fourth-order valence-electron chi connectivity index (χ4n) is 3.75. The lowest BCUT2D eigenvalue weighted by Crippen LogP contribution is -2.53. The number of nitrogens with zero attached hydrogens (tertiary/aromatic N) is 2. The summed E-state index contributed by atoms with van der Waals surface area (Å²) < 4.78 is 0. The molecule has 0 amide bonds.